The van der Waals surface area contributed by atoms with Crippen molar-refractivity contribution in [1.29, 1.82) is 0 Å². The van der Waals surface area contributed by atoms with Crippen LogP contribution in [0.5, 0.6) is 5.88 Å². The molecule has 1 aromatic carbocycles. The molecule has 30 heavy (non-hydrogen) atoms. The fraction of sp³-hybridized carbons (Fsp3) is 0.391. The molecule has 0 fully saturated rings. The number of fused-ring (bicyclic) bond motifs is 4. The molecule has 3 heterocycles. The van der Waals surface area contributed by atoms with E-state index in [1.54, 1.807) is 17.7 Å². The van der Waals surface area contributed by atoms with Gasteiger partial charge in [-0.25, -0.2) is 9.97 Å². The van der Waals surface area contributed by atoms with E-state index in [0.29, 0.717) is 22.8 Å². The molecular formula is C23H25N5OS. The Kier molecular flexibility index (Phi) is 4.58. The third-order valence-electron chi connectivity index (χ3n) is 6.74. The first kappa shape index (κ1) is 19.2. The first-order valence-electron chi connectivity index (χ1n) is 10.4. The first-order valence-corrected chi connectivity index (χ1v) is 11.3. The van der Waals surface area contributed by atoms with Gasteiger partial charge in [-0.2, -0.15) is 0 Å². The van der Waals surface area contributed by atoms with E-state index in [2.05, 4.69) is 46.0 Å². The third-order valence-corrected chi connectivity index (χ3v) is 7.94. The number of aromatic hydroxyl groups is 1. The lowest BCUT2D eigenvalue weighted by molar-refractivity contribution is 0.184. The molecule has 1 aliphatic carbocycles. The van der Waals surface area contributed by atoms with Gasteiger partial charge in [-0.1, -0.05) is 45.4 Å². The molecule has 2 N–H and O–H groups in total. The second kappa shape index (κ2) is 7.16. The summed E-state index contributed by atoms with van der Waals surface area (Å²) in [6.07, 6.45) is 6.06. The third kappa shape index (κ3) is 3.08. The Morgan fingerprint density at radius 3 is 2.90 bits per heavy atom. The normalized spacial score (nSPS) is 17.2. The lowest BCUT2D eigenvalue weighted by Gasteiger charge is -2.36. The van der Waals surface area contributed by atoms with Gasteiger partial charge in [-0.3, -0.25) is 0 Å². The number of benzene rings is 1. The standard InChI is InChI=1S/C23H25N5OS/c1-4-23(2,3)13-9-10-17-15(11-13)18-20(24-12-25-22(18)30-17)28-27-19-14-7-5-6-8-16(14)26-21(19)29/h5-8,12-13,26,29H,4,9-11H2,1-3H3/t13-/m0/s1. The molecule has 0 amide bonds. The molecule has 0 aliphatic heterocycles. The average molecular weight is 420 g/mol. The zero-order valence-electron chi connectivity index (χ0n) is 17.4. The van der Waals surface area contributed by atoms with Crippen LogP contribution in [0.3, 0.4) is 0 Å². The van der Waals surface area contributed by atoms with Crippen molar-refractivity contribution in [2.75, 3.05) is 0 Å². The van der Waals surface area contributed by atoms with Crippen molar-refractivity contribution >= 4 is 44.0 Å². The number of azo groups is 1. The largest absolute Gasteiger partial charge is 0.493 e. The predicted molar refractivity (Wildman–Crippen MR) is 121 cm³/mol. The second-order valence-corrected chi connectivity index (χ2v) is 9.81. The number of nitrogens with one attached hydrogen (secondary N) is 1. The number of para-hydroxylation sites is 1. The van der Waals surface area contributed by atoms with Crippen LogP contribution < -0.4 is 0 Å². The summed E-state index contributed by atoms with van der Waals surface area (Å²) in [5.41, 5.74) is 2.91. The van der Waals surface area contributed by atoms with Gasteiger partial charge in [0.05, 0.1) is 10.9 Å². The highest BCUT2D eigenvalue weighted by atomic mass is 32.1. The van der Waals surface area contributed by atoms with Crippen LogP contribution in [0.4, 0.5) is 11.5 Å². The minimum Gasteiger partial charge on any atom is -0.493 e. The summed E-state index contributed by atoms with van der Waals surface area (Å²) < 4.78 is 0. The van der Waals surface area contributed by atoms with E-state index in [9.17, 15) is 5.11 Å². The van der Waals surface area contributed by atoms with Gasteiger partial charge in [0.1, 0.15) is 11.2 Å². The molecule has 7 heteroatoms. The van der Waals surface area contributed by atoms with Crippen molar-refractivity contribution in [2.24, 2.45) is 21.6 Å². The maximum atomic E-state index is 10.3. The van der Waals surface area contributed by atoms with Gasteiger partial charge < -0.3 is 10.1 Å². The molecule has 0 saturated carbocycles. The Morgan fingerprint density at radius 2 is 2.07 bits per heavy atom. The Morgan fingerprint density at radius 1 is 1.23 bits per heavy atom. The van der Waals surface area contributed by atoms with Crippen molar-refractivity contribution in [3.63, 3.8) is 0 Å². The number of rotatable bonds is 4. The first-order chi connectivity index (χ1) is 14.5. The summed E-state index contributed by atoms with van der Waals surface area (Å²) in [6, 6.07) is 7.66. The minimum atomic E-state index is 0.0161. The molecule has 0 saturated heterocycles. The molecule has 3 aromatic heterocycles. The van der Waals surface area contributed by atoms with Gasteiger partial charge in [0.25, 0.3) is 0 Å². The highest BCUT2D eigenvalue weighted by molar-refractivity contribution is 7.19. The Balaban J connectivity index is 1.59. The molecule has 0 unspecified atom stereocenters. The highest BCUT2D eigenvalue weighted by Crippen LogP contribution is 2.46. The number of nitrogens with zero attached hydrogens (tertiary/aromatic N) is 4. The maximum Gasteiger partial charge on any atom is 0.218 e. The molecule has 0 radical (unpaired) electrons. The van der Waals surface area contributed by atoms with Crippen LogP contribution in [-0.2, 0) is 12.8 Å². The van der Waals surface area contributed by atoms with Crippen molar-refractivity contribution in [1.82, 2.24) is 15.0 Å². The van der Waals surface area contributed by atoms with Gasteiger partial charge in [0, 0.05) is 10.3 Å². The number of H-pyrrole nitrogens is 1. The van der Waals surface area contributed by atoms with Gasteiger partial charge in [0.15, 0.2) is 11.5 Å². The molecule has 4 aromatic rings. The van der Waals surface area contributed by atoms with Crippen molar-refractivity contribution < 1.29 is 5.11 Å². The van der Waals surface area contributed by atoms with E-state index in [1.165, 1.54) is 16.9 Å². The predicted octanol–water partition coefficient (Wildman–Crippen LogP) is 6.83. The Labute approximate surface area is 179 Å². The van der Waals surface area contributed by atoms with Crippen LogP contribution in [0, 0.1) is 11.3 Å². The minimum absolute atomic E-state index is 0.0161. The lowest BCUT2D eigenvalue weighted by atomic mass is 9.69. The summed E-state index contributed by atoms with van der Waals surface area (Å²) >= 11 is 1.75. The maximum absolute atomic E-state index is 10.3. The zero-order chi connectivity index (χ0) is 20.9. The highest BCUT2D eigenvalue weighted by Gasteiger charge is 2.33. The van der Waals surface area contributed by atoms with E-state index >= 15 is 0 Å². The molecule has 0 bridgehead atoms. The average Bonchev–Trinajstić information content (AvgIpc) is 3.28. The smallest absolute Gasteiger partial charge is 0.218 e. The number of hydrogen-bond acceptors (Lipinski definition) is 6. The molecule has 6 nitrogen and oxygen atoms in total. The van der Waals surface area contributed by atoms with Crippen LogP contribution in [0.15, 0.2) is 40.8 Å². The van der Waals surface area contributed by atoms with Gasteiger partial charge in [-0.05, 0) is 42.2 Å². The van der Waals surface area contributed by atoms with Crippen LogP contribution in [0.25, 0.3) is 21.1 Å². The van der Waals surface area contributed by atoms with Crippen molar-refractivity contribution in [2.45, 2.75) is 46.5 Å². The molecule has 1 aliphatic rings. The molecule has 0 spiro atoms. The number of aromatic amines is 1. The zero-order valence-corrected chi connectivity index (χ0v) is 18.3. The molecule has 154 valence electrons. The summed E-state index contributed by atoms with van der Waals surface area (Å²) in [7, 11) is 0. The molecule has 5 rings (SSSR count). The fourth-order valence-corrected chi connectivity index (χ4v) is 5.61. The summed E-state index contributed by atoms with van der Waals surface area (Å²) in [6.45, 7) is 7.01. The van der Waals surface area contributed by atoms with E-state index in [-0.39, 0.29) is 5.88 Å². The monoisotopic (exact) mass is 419 g/mol. The molecule has 1 atom stereocenters. The van der Waals surface area contributed by atoms with Gasteiger partial charge in [0.2, 0.25) is 5.88 Å². The van der Waals surface area contributed by atoms with Crippen LogP contribution in [0.1, 0.15) is 44.1 Å². The molecular weight excluding hydrogens is 394 g/mol. The van der Waals surface area contributed by atoms with Gasteiger partial charge in [-0.15, -0.1) is 21.6 Å². The van der Waals surface area contributed by atoms with Crippen LogP contribution in [0.2, 0.25) is 0 Å². The van der Waals surface area contributed by atoms with Crippen LogP contribution >= 0.6 is 11.3 Å². The topological polar surface area (TPSA) is 86.5 Å². The fourth-order valence-electron chi connectivity index (χ4n) is 4.43. The van der Waals surface area contributed by atoms with E-state index < -0.39 is 0 Å². The number of aryl methyl sites for hydroxylation is 1. The summed E-state index contributed by atoms with van der Waals surface area (Å²) in [5, 5.41) is 21.0. The Bertz CT molecular complexity index is 1270. The number of aromatic nitrogens is 3. The van der Waals surface area contributed by atoms with Gasteiger partial charge >= 0.3 is 0 Å². The number of thiophene rings is 1. The van der Waals surface area contributed by atoms with E-state index in [1.807, 2.05) is 24.3 Å². The van der Waals surface area contributed by atoms with Crippen molar-refractivity contribution in [3.8, 4) is 5.88 Å². The SMILES string of the molecule is CCC(C)(C)[C@H]1CCc2sc3ncnc(N=Nc4c(O)[nH]c5ccccc45)c3c2C1. The summed E-state index contributed by atoms with van der Waals surface area (Å²) in [4.78, 5) is 14.3. The van der Waals surface area contributed by atoms with Crippen LogP contribution in [-0.4, -0.2) is 20.1 Å². The van der Waals surface area contributed by atoms with Crippen molar-refractivity contribution in [3.05, 3.63) is 41.0 Å². The second-order valence-electron chi connectivity index (χ2n) is 8.73. The number of hydrogen-bond donors (Lipinski definition) is 2. The van der Waals surface area contributed by atoms with E-state index in [4.69, 9.17) is 0 Å². The lowest BCUT2D eigenvalue weighted by Crippen LogP contribution is -2.28. The van der Waals surface area contributed by atoms with E-state index in [0.717, 1.165) is 40.4 Å². The summed E-state index contributed by atoms with van der Waals surface area (Å²) in [5.74, 6) is 1.23. The quantitative estimate of drug-likeness (QED) is 0.355. The Hall–Kier alpha value is -2.80.